The number of Topliss-reactive ketones (excluding diaryl/α,β-unsaturated/α-hetero) is 1. The summed E-state index contributed by atoms with van der Waals surface area (Å²) >= 11 is 5.93. The Balaban J connectivity index is 2.13. The molecule has 1 aromatic carbocycles. The number of hydrogen-bond acceptors (Lipinski definition) is 2. The van der Waals surface area contributed by atoms with Gasteiger partial charge in [-0.05, 0) is 32.0 Å². The second-order valence-electron chi connectivity index (χ2n) is 4.69. The first-order valence-corrected chi connectivity index (χ1v) is 6.87. The topological polar surface area (TPSA) is 34.9 Å². The van der Waals surface area contributed by atoms with Crippen LogP contribution in [0.3, 0.4) is 0 Å². The monoisotopic (exact) mass is 294 g/mol. The fourth-order valence-corrected chi connectivity index (χ4v) is 2.41. The minimum absolute atomic E-state index is 0.000547. The maximum atomic E-state index is 13.6. The van der Waals surface area contributed by atoms with Gasteiger partial charge in [0, 0.05) is 35.7 Å². The Kier molecular flexibility index (Phi) is 4.55. The minimum atomic E-state index is -0.439. The van der Waals surface area contributed by atoms with Gasteiger partial charge in [-0.1, -0.05) is 17.7 Å². The van der Waals surface area contributed by atoms with Crippen molar-refractivity contribution in [2.75, 3.05) is 0 Å². The molecule has 0 atom stereocenters. The quantitative estimate of drug-likeness (QED) is 0.847. The highest BCUT2D eigenvalue weighted by Crippen LogP contribution is 2.20. The molecular formula is C15H16ClFN2O. The Hall–Kier alpha value is -1.68. The van der Waals surface area contributed by atoms with Crippen LogP contribution in [-0.4, -0.2) is 15.6 Å². The lowest BCUT2D eigenvalue weighted by Crippen LogP contribution is -2.12. The Morgan fingerprint density at radius 2 is 2.15 bits per heavy atom. The SMILES string of the molecule is CCn1nc(C)cc1CC(=O)Cc1c(F)cccc1Cl. The first kappa shape index (κ1) is 14.7. The number of aromatic nitrogens is 2. The van der Waals surface area contributed by atoms with Gasteiger partial charge in [0.1, 0.15) is 11.6 Å². The van der Waals surface area contributed by atoms with E-state index in [1.807, 2.05) is 19.9 Å². The molecule has 0 aliphatic carbocycles. The Bertz CT molecular complexity index is 617. The van der Waals surface area contributed by atoms with Crippen molar-refractivity contribution in [1.82, 2.24) is 9.78 Å². The van der Waals surface area contributed by atoms with Crippen molar-refractivity contribution in [2.24, 2.45) is 0 Å². The number of hydrogen-bond donors (Lipinski definition) is 0. The molecule has 0 fully saturated rings. The number of ketones is 1. The van der Waals surface area contributed by atoms with Crippen LogP contribution >= 0.6 is 11.6 Å². The third-order valence-electron chi connectivity index (χ3n) is 3.10. The summed E-state index contributed by atoms with van der Waals surface area (Å²) in [6.45, 7) is 4.55. The molecule has 0 amide bonds. The molecule has 2 aromatic rings. The van der Waals surface area contributed by atoms with E-state index in [4.69, 9.17) is 11.6 Å². The van der Waals surface area contributed by atoms with Crippen molar-refractivity contribution < 1.29 is 9.18 Å². The molecule has 1 heterocycles. The summed E-state index contributed by atoms with van der Waals surface area (Å²) in [4.78, 5) is 12.1. The van der Waals surface area contributed by atoms with Crippen LogP contribution in [0.5, 0.6) is 0 Å². The van der Waals surface area contributed by atoms with Crippen LogP contribution in [0.4, 0.5) is 4.39 Å². The molecule has 5 heteroatoms. The van der Waals surface area contributed by atoms with E-state index in [0.29, 0.717) is 11.6 Å². The van der Waals surface area contributed by atoms with Gasteiger partial charge in [0.05, 0.1) is 5.69 Å². The molecule has 0 saturated carbocycles. The van der Waals surface area contributed by atoms with Gasteiger partial charge >= 0.3 is 0 Å². The Morgan fingerprint density at radius 1 is 1.40 bits per heavy atom. The van der Waals surface area contributed by atoms with Gasteiger partial charge in [-0.25, -0.2) is 4.39 Å². The summed E-state index contributed by atoms with van der Waals surface area (Å²) < 4.78 is 15.4. The summed E-state index contributed by atoms with van der Waals surface area (Å²) in [5, 5.41) is 4.58. The van der Waals surface area contributed by atoms with Crippen molar-refractivity contribution in [1.29, 1.82) is 0 Å². The number of benzene rings is 1. The maximum absolute atomic E-state index is 13.6. The molecular weight excluding hydrogens is 279 g/mol. The van der Waals surface area contributed by atoms with Crippen LogP contribution in [0.15, 0.2) is 24.3 Å². The maximum Gasteiger partial charge on any atom is 0.143 e. The lowest BCUT2D eigenvalue weighted by Gasteiger charge is -2.06. The largest absolute Gasteiger partial charge is 0.299 e. The Labute approximate surface area is 122 Å². The summed E-state index contributed by atoms with van der Waals surface area (Å²) in [6.07, 6.45) is 0.235. The highest BCUT2D eigenvalue weighted by molar-refractivity contribution is 6.31. The van der Waals surface area contributed by atoms with E-state index in [1.54, 1.807) is 10.7 Å². The normalized spacial score (nSPS) is 10.8. The van der Waals surface area contributed by atoms with Crippen molar-refractivity contribution in [3.05, 3.63) is 52.1 Å². The van der Waals surface area contributed by atoms with Crippen molar-refractivity contribution >= 4 is 17.4 Å². The molecule has 0 aliphatic rings. The minimum Gasteiger partial charge on any atom is -0.299 e. The van der Waals surface area contributed by atoms with Crippen LogP contribution < -0.4 is 0 Å². The van der Waals surface area contributed by atoms with E-state index in [9.17, 15) is 9.18 Å². The third-order valence-corrected chi connectivity index (χ3v) is 3.45. The van der Waals surface area contributed by atoms with Crippen molar-refractivity contribution in [3.63, 3.8) is 0 Å². The predicted octanol–water partition coefficient (Wildman–Crippen LogP) is 3.36. The fraction of sp³-hybridized carbons (Fsp3) is 0.333. The number of halogens is 2. The van der Waals surface area contributed by atoms with Gasteiger partial charge in [0.2, 0.25) is 0 Å². The van der Waals surface area contributed by atoms with Crippen LogP contribution in [0.1, 0.15) is 23.9 Å². The molecule has 0 bridgehead atoms. The summed E-state index contributed by atoms with van der Waals surface area (Å²) in [5.41, 5.74) is 1.99. The molecule has 2 rings (SSSR count). The number of carbonyl (C=O) groups is 1. The van der Waals surface area contributed by atoms with Crippen molar-refractivity contribution in [3.8, 4) is 0 Å². The smallest absolute Gasteiger partial charge is 0.143 e. The van der Waals surface area contributed by atoms with Gasteiger partial charge in [-0.15, -0.1) is 0 Å². The zero-order valence-electron chi connectivity index (χ0n) is 11.5. The molecule has 0 spiro atoms. The standard InChI is InChI=1S/C15H16ClFN2O/c1-3-19-11(7-10(2)18-19)8-12(20)9-13-14(16)5-4-6-15(13)17/h4-7H,3,8-9H2,1-2H3. The molecule has 0 radical (unpaired) electrons. The molecule has 0 aliphatic heterocycles. The third kappa shape index (κ3) is 3.25. The fourth-order valence-electron chi connectivity index (χ4n) is 2.18. The second kappa shape index (κ2) is 6.18. The summed E-state index contributed by atoms with van der Waals surface area (Å²) in [5.74, 6) is -0.516. The molecule has 0 unspecified atom stereocenters. The zero-order chi connectivity index (χ0) is 14.7. The van der Waals surface area contributed by atoms with Crippen LogP contribution in [0, 0.1) is 12.7 Å². The van der Waals surface area contributed by atoms with E-state index in [0.717, 1.165) is 11.4 Å². The van der Waals surface area contributed by atoms with E-state index in [1.165, 1.54) is 12.1 Å². The molecule has 1 aromatic heterocycles. The lowest BCUT2D eigenvalue weighted by molar-refractivity contribution is -0.117. The molecule has 0 N–H and O–H groups in total. The second-order valence-corrected chi connectivity index (χ2v) is 5.09. The molecule has 20 heavy (non-hydrogen) atoms. The average molecular weight is 295 g/mol. The first-order chi connectivity index (χ1) is 9.51. The molecule has 106 valence electrons. The van der Waals surface area contributed by atoms with E-state index in [-0.39, 0.29) is 24.2 Å². The average Bonchev–Trinajstić information content (AvgIpc) is 2.74. The van der Waals surface area contributed by atoms with Crippen LogP contribution in [-0.2, 0) is 24.2 Å². The van der Waals surface area contributed by atoms with E-state index < -0.39 is 5.82 Å². The Morgan fingerprint density at radius 3 is 2.80 bits per heavy atom. The number of aryl methyl sites for hydroxylation is 2. The number of nitrogens with zero attached hydrogens (tertiary/aromatic N) is 2. The first-order valence-electron chi connectivity index (χ1n) is 6.49. The molecule has 3 nitrogen and oxygen atoms in total. The highest BCUT2D eigenvalue weighted by atomic mass is 35.5. The zero-order valence-corrected chi connectivity index (χ0v) is 12.2. The van der Waals surface area contributed by atoms with Gasteiger partial charge < -0.3 is 0 Å². The number of rotatable bonds is 5. The molecule has 0 saturated heterocycles. The predicted molar refractivity (Wildman–Crippen MR) is 76.5 cm³/mol. The van der Waals surface area contributed by atoms with Crippen LogP contribution in [0.25, 0.3) is 0 Å². The highest BCUT2D eigenvalue weighted by Gasteiger charge is 2.14. The van der Waals surface area contributed by atoms with Gasteiger partial charge in [-0.3, -0.25) is 9.48 Å². The van der Waals surface area contributed by atoms with E-state index >= 15 is 0 Å². The summed E-state index contributed by atoms with van der Waals surface area (Å²) in [7, 11) is 0. The number of carbonyl (C=O) groups excluding carboxylic acids is 1. The van der Waals surface area contributed by atoms with Gasteiger partial charge in [0.15, 0.2) is 0 Å². The van der Waals surface area contributed by atoms with Gasteiger partial charge in [0.25, 0.3) is 0 Å². The van der Waals surface area contributed by atoms with Crippen molar-refractivity contribution in [2.45, 2.75) is 33.2 Å². The van der Waals surface area contributed by atoms with Crippen LogP contribution in [0.2, 0.25) is 5.02 Å². The van der Waals surface area contributed by atoms with E-state index in [2.05, 4.69) is 5.10 Å². The van der Waals surface area contributed by atoms with Gasteiger partial charge in [-0.2, -0.15) is 5.10 Å². The lowest BCUT2D eigenvalue weighted by atomic mass is 10.0. The summed E-state index contributed by atoms with van der Waals surface area (Å²) in [6, 6.07) is 6.31.